The van der Waals surface area contributed by atoms with Gasteiger partial charge in [0.2, 0.25) is 0 Å². The Kier molecular flexibility index (Phi) is 7.06. The van der Waals surface area contributed by atoms with E-state index >= 15 is 0 Å². The van der Waals surface area contributed by atoms with Crippen LogP contribution in [0.4, 0.5) is 13.2 Å². The number of halogens is 4. The molecule has 2 aromatic heterocycles. The molecule has 176 valence electrons. The van der Waals surface area contributed by atoms with Crippen molar-refractivity contribution in [1.29, 1.82) is 0 Å². The molecule has 0 spiro atoms. The summed E-state index contributed by atoms with van der Waals surface area (Å²) in [4.78, 5) is 8.49. The van der Waals surface area contributed by atoms with Gasteiger partial charge in [-0.15, -0.1) is 11.3 Å². The van der Waals surface area contributed by atoms with Crippen molar-refractivity contribution in [2.24, 2.45) is 0 Å². The maximum Gasteiger partial charge on any atom is 0.417 e. The van der Waals surface area contributed by atoms with Gasteiger partial charge in [0.05, 0.1) is 31.9 Å². The highest BCUT2D eigenvalue weighted by molar-refractivity contribution is 7.91. The quantitative estimate of drug-likeness (QED) is 0.261. The number of nitrogens with zero attached hydrogens (tertiary/aromatic N) is 2. The molecule has 4 aromatic rings. The molecule has 4 nitrogen and oxygen atoms in total. The van der Waals surface area contributed by atoms with Crippen LogP contribution in [0.5, 0.6) is 0 Å². The third-order valence-corrected chi connectivity index (χ3v) is 8.54. The molecule has 34 heavy (non-hydrogen) atoms. The van der Waals surface area contributed by atoms with Crippen LogP contribution in [0.2, 0.25) is 5.02 Å². The van der Waals surface area contributed by atoms with E-state index in [1.807, 2.05) is 35.7 Å². The molecule has 0 N–H and O–H groups in total. The number of alkyl halides is 3. The minimum atomic E-state index is -4.64. The van der Waals surface area contributed by atoms with Gasteiger partial charge in [-0.3, -0.25) is 4.98 Å². The maximum atomic E-state index is 13.5. The maximum absolute atomic E-state index is 13.5. The molecule has 4 rings (SSSR count). The molecular formula is C24H18ClF3N2O2S2. The number of sulfone groups is 1. The summed E-state index contributed by atoms with van der Waals surface area (Å²) in [5, 5.41) is 1.00. The van der Waals surface area contributed by atoms with Crippen molar-refractivity contribution in [2.45, 2.75) is 29.2 Å². The molecule has 0 saturated carbocycles. The second kappa shape index (κ2) is 9.85. The molecule has 2 aromatic carbocycles. The largest absolute Gasteiger partial charge is 0.417 e. The summed E-state index contributed by atoms with van der Waals surface area (Å²) >= 11 is 7.54. The number of aryl methyl sites for hydroxylation is 1. The lowest BCUT2D eigenvalue weighted by atomic mass is 10.1. The summed E-state index contributed by atoms with van der Waals surface area (Å²) in [6.07, 6.45) is -3.69. The average molecular weight is 523 g/mol. The van der Waals surface area contributed by atoms with Gasteiger partial charge in [0.25, 0.3) is 0 Å². The van der Waals surface area contributed by atoms with Crippen LogP contribution in [-0.4, -0.2) is 18.4 Å². The van der Waals surface area contributed by atoms with E-state index in [1.165, 1.54) is 23.5 Å². The molecule has 0 aliphatic heterocycles. The molecule has 0 amide bonds. The molecule has 0 radical (unpaired) electrons. The van der Waals surface area contributed by atoms with Crippen LogP contribution in [0.25, 0.3) is 11.3 Å². The molecule has 0 bridgehead atoms. The van der Waals surface area contributed by atoms with E-state index in [4.69, 9.17) is 11.6 Å². The summed E-state index contributed by atoms with van der Waals surface area (Å²) in [6.45, 7) is 0. The smallest absolute Gasteiger partial charge is 0.258 e. The number of rotatable bonds is 7. The molecule has 2 heterocycles. The Morgan fingerprint density at radius 1 is 1.00 bits per heavy atom. The molecule has 0 saturated heterocycles. The second-order valence-corrected chi connectivity index (χ2v) is 10.9. The van der Waals surface area contributed by atoms with E-state index in [0.29, 0.717) is 17.3 Å². The second-order valence-electron chi connectivity index (χ2n) is 7.47. The average Bonchev–Trinajstić information content (AvgIpc) is 3.29. The molecule has 1 atom stereocenters. The minimum Gasteiger partial charge on any atom is -0.258 e. The van der Waals surface area contributed by atoms with E-state index in [1.54, 1.807) is 18.2 Å². The van der Waals surface area contributed by atoms with Crippen molar-refractivity contribution in [3.8, 4) is 11.3 Å². The normalized spacial score (nSPS) is 13.1. The number of thiazole rings is 1. The Morgan fingerprint density at radius 2 is 1.65 bits per heavy atom. The van der Waals surface area contributed by atoms with Gasteiger partial charge in [-0.05, 0) is 24.6 Å². The first kappa shape index (κ1) is 24.4. The van der Waals surface area contributed by atoms with Gasteiger partial charge < -0.3 is 0 Å². The summed E-state index contributed by atoms with van der Waals surface area (Å²) in [5.41, 5.74) is 0.558. The summed E-state index contributed by atoms with van der Waals surface area (Å²) in [6, 6.07) is 18.0. The number of aromatic nitrogens is 2. The van der Waals surface area contributed by atoms with Crippen molar-refractivity contribution < 1.29 is 21.6 Å². The van der Waals surface area contributed by atoms with E-state index in [2.05, 4.69) is 9.97 Å². The fourth-order valence-corrected chi connectivity index (χ4v) is 6.44. The van der Waals surface area contributed by atoms with E-state index in [0.717, 1.165) is 11.3 Å². The van der Waals surface area contributed by atoms with Crippen LogP contribution in [0.3, 0.4) is 0 Å². The highest BCUT2D eigenvalue weighted by atomic mass is 35.5. The van der Waals surface area contributed by atoms with Crippen molar-refractivity contribution in [3.05, 3.63) is 99.6 Å². The van der Waals surface area contributed by atoms with Gasteiger partial charge in [-0.1, -0.05) is 60.1 Å². The standard InChI is InChI=1S/C24H18ClF3N2O2S2/c25-19-13-17(24(26,27)28)14-29-23(19)21(34(31,32)18-9-5-2-6-10-18)11-12-22-30-20(15-33-22)16-7-3-1-4-8-16/h1-10,13-15,21H,11-12H2/t21-/m1/s1. The lowest BCUT2D eigenvalue weighted by Gasteiger charge is -2.19. The number of pyridine rings is 1. The predicted molar refractivity (Wildman–Crippen MR) is 126 cm³/mol. The van der Waals surface area contributed by atoms with Crippen molar-refractivity contribution in [3.63, 3.8) is 0 Å². The first-order valence-electron chi connectivity index (χ1n) is 10.2. The van der Waals surface area contributed by atoms with E-state index in [9.17, 15) is 21.6 Å². The van der Waals surface area contributed by atoms with Crippen LogP contribution in [0, 0.1) is 0 Å². The van der Waals surface area contributed by atoms with Gasteiger partial charge in [-0.2, -0.15) is 13.2 Å². The zero-order valence-corrected chi connectivity index (χ0v) is 19.9. The number of hydrogen-bond donors (Lipinski definition) is 0. The minimum absolute atomic E-state index is 0.0434. The van der Waals surface area contributed by atoms with E-state index < -0.39 is 26.8 Å². The Bertz CT molecular complexity index is 1380. The molecule has 0 aliphatic rings. The Labute approximate surface area is 204 Å². The lowest BCUT2D eigenvalue weighted by molar-refractivity contribution is -0.137. The highest BCUT2D eigenvalue weighted by Gasteiger charge is 2.35. The third-order valence-electron chi connectivity index (χ3n) is 5.19. The van der Waals surface area contributed by atoms with Gasteiger partial charge in [0.1, 0.15) is 5.25 Å². The highest BCUT2D eigenvalue weighted by Crippen LogP contribution is 2.38. The summed E-state index contributed by atoms with van der Waals surface area (Å²) in [7, 11) is -3.99. The fraction of sp³-hybridized carbons (Fsp3) is 0.167. The van der Waals surface area contributed by atoms with Gasteiger partial charge >= 0.3 is 6.18 Å². The SMILES string of the molecule is O=S(=O)(c1ccccc1)[C@H](CCc1nc(-c2ccccc2)cs1)c1ncc(C(F)(F)F)cc1Cl. The van der Waals surface area contributed by atoms with Crippen LogP contribution < -0.4 is 0 Å². The Balaban J connectivity index is 1.67. The zero-order valence-electron chi connectivity index (χ0n) is 17.5. The van der Waals surface area contributed by atoms with Crippen LogP contribution in [0.1, 0.15) is 27.9 Å². The van der Waals surface area contributed by atoms with Crippen molar-refractivity contribution in [1.82, 2.24) is 9.97 Å². The third kappa shape index (κ3) is 5.32. The lowest BCUT2D eigenvalue weighted by Crippen LogP contribution is -2.17. The topological polar surface area (TPSA) is 59.9 Å². The van der Waals surface area contributed by atoms with Crippen LogP contribution in [0.15, 0.2) is 83.2 Å². The summed E-state index contributed by atoms with van der Waals surface area (Å²) in [5.74, 6) is 0. The monoisotopic (exact) mass is 522 g/mol. The molecule has 0 aliphatic carbocycles. The van der Waals surface area contributed by atoms with E-state index in [-0.39, 0.29) is 28.5 Å². The van der Waals surface area contributed by atoms with Crippen LogP contribution >= 0.6 is 22.9 Å². The van der Waals surface area contributed by atoms with Crippen LogP contribution in [-0.2, 0) is 22.4 Å². The number of benzene rings is 2. The molecule has 0 unspecified atom stereocenters. The predicted octanol–water partition coefficient (Wildman–Crippen LogP) is 7.03. The first-order valence-corrected chi connectivity index (χ1v) is 13.0. The van der Waals surface area contributed by atoms with Gasteiger partial charge in [0.15, 0.2) is 9.84 Å². The number of hydrogen-bond acceptors (Lipinski definition) is 5. The Hall–Kier alpha value is -2.75. The molecule has 10 heteroatoms. The Morgan fingerprint density at radius 3 is 2.26 bits per heavy atom. The first-order chi connectivity index (χ1) is 16.2. The van der Waals surface area contributed by atoms with Gasteiger partial charge in [-0.25, -0.2) is 13.4 Å². The van der Waals surface area contributed by atoms with Crippen molar-refractivity contribution in [2.75, 3.05) is 0 Å². The fourth-order valence-electron chi connectivity index (χ4n) is 3.48. The van der Waals surface area contributed by atoms with Crippen molar-refractivity contribution >= 4 is 32.8 Å². The summed E-state index contributed by atoms with van der Waals surface area (Å²) < 4.78 is 66.2. The molecular weight excluding hydrogens is 505 g/mol. The zero-order chi connectivity index (χ0) is 24.3. The van der Waals surface area contributed by atoms with Gasteiger partial charge in [0, 0.05) is 23.6 Å². The molecule has 0 fully saturated rings.